The molecule has 0 aliphatic heterocycles. The lowest BCUT2D eigenvalue weighted by molar-refractivity contribution is -0.119. The van der Waals surface area contributed by atoms with Crippen LogP contribution in [0.5, 0.6) is 0 Å². The van der Waals surface area contributed by atoms with Crippen molar-refractivity contribution in [3.8, 4) is 0 Å². The molecule has 0 saturated heterocycles. The number of carbonyl (C=O) groups is 2. The highest BCUT2D eigenvalue weighted by Gasteiger charge is 2.13. The summed E-state index contributed by atoms with van der Waals surface area (Å²) in [7, 11) is 0. The molecule has 3 amide bonds. The lowest BCUT2D eigenvalue weighted by Crippen LogP contribution is -2.46. The van der Waals surface area contributed by atoms with E-state index < -0.39 is 23.6 Å². The van der Waals surface area contributed by atoms with Gasteiger partial charge in [-0.15, -0.1) is 0 Å². The molecule has 0 heterocycles. The van der Waals surface area contributed by atoms with Crippen LogP contribution in [0.2, 0.25) is 0 Å². The van der Waals surface area contributed by atoms with E-state index in [-0.39, 0.29) is 18.6 Å². The molecule has 0 fully saturated rings. The molecule has 0 unspecified atom stereocenters. The Bertz CT molecular complexity index is 538. The fourth-order valence-electron chi connectivity index (χ4n) is 1.68. The summed E-state index contributed by atoms with van der Waals surface area (Å²) in [5.74, 6) is -2.37. The van der Waals surface area contributed by atoms with Gasteiger partial charge in [0.05, 0.1) is 6.54 Å². The molecular weight excluding hydrogens is 292 g/mol. The van der Waals surface area contributed by atoms with Crippen molar-refractivity contribution in [2.75, 3.05) is 6.54 Å². The molecule has 0 spiro atoms. The number of carbonyl (C=O) groups excluding carboxylic acids is 2. The molecule has 22 heavy (non-hydrogen) atoms. The van der Waals surface area contributed by atoms with Crippen LogP contribution in [0.1, 0.15) is 38.8 Å². The highest BCUT2D eigenvalue weighted by atomic mass is 19.2. The lowest BCUT2D eigenvalue weighted by Gasteiger charge is -2.15. The quantitative estimate of drug-likeness (QED) is 0.754. The molecule has 0 saturated carbocycles. The summed E-state index contributed by atoms with van der Waals surface area (Å²) in [5, 5.41) is 7.63. The Morgan fingerprint density at radius 3 is 2.45 bits per heavy atom. The Balaban J connectivity index is 2.43. The average molecular weight is 313 g/mol. The first kappa shape index (κ1) is 18.0. The van der Waals surface area contributed by atoms with E-state index in [2.05, 4.69) is 16.0 Å². The molecule has 1 aromatic carbocycles. The number of urea groups is 1. The zero-order valence-electron chi connectivity index (χ0n) is 12.9. The molecule has 5 nitrogen and oxygen atoms in total. The van der Waals surface area contributed by atoms with Gasteiger partial charge in [0.15, 0.2) is 11.6 Å². The minimum atomic E-state index is -0.941. The molecule has 0 aliphatic carbocycles. The molecule has 0 aromatic heterocycles. The van der Waals surface area contributed by atoms with Crippen molar-refractivity contribution in [2.24, 2.45) is 0 Å². The molecule has 0 radical (unpaired) electrons. The van der Waals surface area contributed by atoms with Gasteiger partial charge in [-0.25, -0.2) is 13.6 Å². The maximum Gasteiger partial charge on any atom is 0.321 e. The molecular formula is C15H21F2N3O2. The smallest absolute Gasteiger partial charge is 0.321 e. The van der Waals surface area contributed by atoms with E-state index in [0.29, 0.717) is 5.56 Å². The first-order chi connectivity index (χ1) is 10.3. The van der Waals surface area contributed by atoms with Crippen LogP contribution in [0.4, 0.5) is 13.6 Å². The zero-order valence-corrected chi connectivity index (χ0v) is 12.9. The van der Waals surface area contributed by atoms with Crippen LogP contribution in [0.3, 0.4) is 0 Å². The second-order valence-corrected chi connectivity index (χ2v) is 5.11. The van der Waals surface area contributed by atoms with E-state index >= 15 is 0 Å². The molecule has 3 N–H and O–H groups in total. The van der Waals surface area contributed by atoms with Gasteiger partial charge in [0.2, 0.25) is 5.91 Å². The highest BCUT2D eigenvalue weighted by molar-refractivity contribution is 5.95. The van der Waals surface area contributed by atoms with Crippen molar-refractivity contribution >= 4 is 11.9 Å². The molecule has 7 heteroatoms. The van der Waals surface area contributed by atoms with E-state index in [4.69, 9.17) is 0 Å². The summed E-state index contributed by atoms with van der Waals surface area (Å²) < 4.78 is 26.0. The maximum atomic E-state index is 13.1. The third kappa shape index (κ3) is 5.77. The Morgan fingerprint density at radius 1 is 1.18 bits per heavy atom. The van der Waals surface area contributed by atoms with Gasteiger partial charge in [-0.05, 0) is 38.0 Å². The predicted octanol–water partition coefficient (Wildman–Crippen LogP) is 2.24. The van der Waals surface area contributed by atoms with Gasteiger partial charge in [0.25, 0.3) is 0 Å². The summed E-state index contributed by atoms with van der Waals surface area (Å²) in [4.78, 5) is 23.1. The maximum absolute atomic E-state index is 13.1. The molecule has 0 bridgehead atoms. The van der Waals surface area contributed by atoms with E-state index in [1.807, 2.05) is 13.8 Å². The van der Waals surface area contributed by atoms with Crippen molar-refractivity contribution in [3.05, 3.63) is 35.4 Å². The van der Waals surface area contributed by atoms with Gasteiger partial charge < -0.3 is 10.6 Å². The standard InChI is InChI=1S/C15H21F2N3O2/c1-4-9(2)19-15(22)20-14(21)8-18-10(3)11-5-6-12(16)13(17)7-11/h5-7,9-10,18H,4,8H2,1-3H3,(H2,19,20,21,22)/t9-,10-/m1/s1. The monoisotopic (exact) mass is 313 g/mol. The second kappa shape index (κ2) is 8.43. The van der Waals surface area contributed by atoms with Gasteiger partial charge in [0, 0.05) is 12.1 Å². The summed E-state index contributed by atoms with van der Waals surface area (Å²) in [6.07, 6.45) is 0.757. The van der Waals surface area contributed by atoms with E-state index in [9.17, 15) is 18.4 Å². The van der Waals surface area contributed by atoms with Crippen molar-refractivity contribution in [1.82, 2.24) is 16.0 Å². The van der Waals surface area contributed by atoms with Crippen molar-refractivity contribution in [2.45, 2.75) is 39.3 Å². The molecule has 122 valence electrons. The van der Waals surface area contributed by atoms with Gasteiger partial charge >= 0.3 is 6.03 Å². The second-order valence-electron chi connectivity index (χ2n) is 5.11. The van der Waals surface area contributed by atoms with Crippen LogP contribution in [-0.2, 0) is 4.79 Å². The van der Waals surface area contributed by atoms with Gasteiger partial charge in [-0.1, -0.05) is 13.0 Å². The van der Waals surface area contributed by atoms with Crippen LogP contribution in [0.25, 0.3) is 0 Å². The number of nitrogens with one attached hydrogen (secondary N) is 3. The Morgan fingerprint density at radius 2 is 1.86 bits per heavy atom. The zero-order chi connectivity index (χ0) is 16.7. The largest absolute Gasteiger partial charge is 0.335 e. The lowest BCUT2D eigenvalue weighted by atomic mass is 10.1. The first-order valence-corrected chi connectivity index (χ1v) is 7.12. The topological polar surface area (TPSA) is 70.2 Å². The van der Waals surface area contributed by atoms with Crippen molar-refractivity contribution in [3.63, 3.8) is 0 Å². The van der Waals surface area contributed by atoms with Crippen LogP contribution >= 0.6 is 0 Å². The number of benzene rings is 1. The minimum Gasteiger partial charge on any atom is -0.335 e. The van der Waals surface area contributed by atoms with Crippen molar-refractivity contribution in [1.29, 1.82) is 0 Å². The van der Waals surface area contributed by atoms with Gasteiger partial charge in [-0.3, -0.25) is 10.1 Å². The third-order valence-electron chi connectivity index (χ3n) is 3.26. The van der Waals surface area contributed by atoms with Gasteiger partial charge in [-0.2, -0.15) is 0 Å². The highest BCUT2D eigenvalue weighted by Crippen LogP contribution is 2.15. The summed E-state index contributed by atoms with van der Waals surface area (Å²) in [6.45, 7) is 5.33. The molecule has 1 rings (SSSR count). The molecule has 1 aromatic rings. The summed E-state index contributed by atoms with van der Waals surface area (Å²) in [6, 6.07) is 2.59. The minimum absolute atomic E-state index is 0.0260. The number of rotatable bonds is 6. The van der Waals surface area contributed by atoms with Crippen LogP contribution in [-0.4, -0.2) is 24.5 Å². The predicted molar refractivity (Wildman–Crippen MR) is 79.2 cm³/mol. The van der Waals surface area contributed by atoms with E-state index in [0.717, 1.165) is 18.6 Å². The SMILES string of the molecule is CC[C@@H](C)NC(=O)NC(=O)CN[C@H](C)c1ccc(F)c(F)c1. The van der Waals surface area contributed by atoms with Crippen LogP contribution in [0.15, 0.2) is 18.2 Å². The first-order valence-electron chi connectivity index (χ1n) is 7.12. The Labute approximate surface area is 128 Å². The Kier molecular flexibility index (Phi) is 6.91. The fourth-order valence-corrected chi connectivity index (χ4v) is 1.68. The van der Waals surface area contributed by atoms with Crippen LogP contribution < -0.4 is 16.0 Å². The Hall–Kier alpha value is -2.02. The summed E-state index contributed by atoms with van der Waals surface area (Å²) in [5.41, 5.74) is 0.510. The van der Waals surface area contributed by atoms with Crippen LogP contribution in [0, 0.1) is 11.6 Å². The number of amides is 3. The number of halogens is 2. The fraction of sp³-hybridized carbons (Fsp3) is 0.467. The van der Waals surface area contributed by atoms with E-state index in [1.54, 1.807) is 6.92 Å². The van der Waals surface area contributed by atoms with Crippen molar-refractivity contribution < 1.29 is 18.4 Å². The normalized spacial score (nSPS) is 13.3. The number of hydrogen-bond acceptors (Lipinski definition) is 3. The average Bonchev–Trinajstić information content (AvgIpc) is 2.47. The third-order valence-corrected chi connectivity index (χ3v) is 3.26. The molecule has 2 atom stereocenters. The number of hydrogen-bond donors (Lipinski definition) is 3. The van der Waals surface area contributed by atoms with Gasteiger partial charge in [0.1, 0.15) is 0 Å². The summed E-state index contributed by atoms with van der Waals surface area (Å²) >= 11 is 0. The van der Waals surface area contributed by atoms with E-state index in [1.165, 1.54) is 6.07 Å². The molecule has 0 aliphatic rings. The number of imide groups is 1.